The summed E-state index contributed by atoms with van der Waals surface area (Å²) in [5.74, 6) is 0. The zero-order valence-electron chi connectivity index (χ0n) is 16.1. The summed E-state index contributed by atoms with van der Waals surface area (Å²) in [4.78, 5) is 7.01. The summed E-state index contributed by atoms with van der Waals surface area (Å²) in [6, 6.07) is 24.9. The first kappa shape index (κ1) is 18.3. The monoisotopic (exact) mass is 371 g/mol. The van der Waals surface area contributed by atoms with Crippen LogP contribution in [0, 0.1) is 6.92 Å². The van der Waals surface area contributed by atoms with E-state index in [9.17, 15) is 0 Å². The molecule has 0 aromatic heterocycles. The quantitative estimate of drug-likeness (QED) is 0.616. The highest BCUT2D eigenvalue weighted by Gasteiger charge is 2.11. The molecule has 0 bridgehead atoms. The lowest BCUT2D eigenvalue weighted by atomic mass is 10.1. The van der Waals surface area contributed by atoms with Crippen molar-refractivity contribution < 1.29 is 4.74 Å². The Labute approximate surface area is 166 Å². The average molecular weight is 371 g/mol. The predicted molar refractivity (Wildman–Crippen MR) is 118 cm³/mol. The number of nitrogens with one attached hydrogen (secondary N) is 1. The number of hydrogen-bond donors (Lipinski definition) is 1. The summed E-state index contributed by atoms with van der Waals surface area (Å²) in [6.07, 6.45) is 1.94. The molecule has 28 heavy (non-hydrogen) atoms. The number of anilines is 3. The molecule has 0 aliphatic carbocycles. The third-order valence-corrected chi connectivity index (χ3v) is 4.91. The van der Waals surface area contributed by atoms with Crippen LogP contribution in [0.5, 0.6) is 0 Å². The maximum atomic E-state index is 5.44. The molecule has 0 amide bonds. The molecule has 4 nitrogen and oxygen atoms in total. The van der Waals surface area contributed by atoms with Crippen molar-refractivity contribution in [3.05, 3.63) is 83.9 Å². The van der Waals surface area contributed by atoms with Gasteiger partial charge in [-0.1, -0.05) is 24.3 Å². The van der Waals surface area contributed by atoms with Crippen LogP contribution in [0.4, 0.5) is 22.7 Å². The van der Waals surface area contributed by atoms with E-state index in [2.05, 4.69) is 52.5 Å². The topological polar surface area (TPSA) is 36.9 Å². The van der Waals surface area contributed by atoms with Gasteiger partial charge in [0.15, 0.2) is 0 Å². The molecule has 4 heteroatoms. The third kappa shape index (κ3) is 4.59. The second-order valence-corrected chi connectivity index (χ2v) is 6.94. The normalized spacial score (nSPS) is 14.4. The average Bonchev–Trinajstić information content (AvgIpc) is 2.75. The van der Waals surface area contributed by atoms with E-state index in [0.29, 0.717) is 0 Å². The Morgan fingerprint density at radius 3 is 2.32 bits per heavy atom. The van der Waals surface area contributed by atoms with Gasteiger partial charge in [0.25, 0.3) is 0 Å². The van der Waals surface area contributed by atoms with Crippen molar-refractivity contribution in [3.63, 3.8) is 0 Å². The number of aliphatic imine (C=N–C) groups is 1. The molecule has 0 saturated carbocycles. The first-order valence-corrected chi connectivity index (χ1v) is 9.67. The molecule has 1 heterocycles. The maximum absolute atomic E-state index is 5.44. The van der Waals surface area contributed by atoms with Gasteiger partial charge in [-0.2, -0.15) is 0 Å². The van der Waals surface area contributed by atoms with Crippen LogP contribution in [-0.4, -0.2) is 32.5 Å². The minimum atomic E-state index is 0.803. The Morgan fingerprint density at radius 1 is 0.893 bits per heavy atom. The van der Waals surface area contributed by atoms with Crippen molar-refractivity contribution >= 4 is 29.0 Å². The number of nitrogens with zero attached hydrogens (tertiary/aromatic N) is 2. The van der Waals surface area contributed by atoms with E-state index in [0.717, 1.165) is 48.9 Å². The molecule has 1 saturated heterocycles. The van der Waals surface area contributed by atoms with E-state index in [1.807, 2.05) is 48.7 Å². The lowest BCUT2D eigenvalue weighted by Gasteiger charge is -2.29. The van der Waals surface area contributed by atoms with Gasteiger partial charge in [0.05, 0.1) is 18.9 Å². The van der Waals surface area contributed by atoms with E-state index in [1.165, 1.54) is 11.3 Å². The number of ether oxygens (including phenoxy) is 1. The maximum Gasteiger partial charge on any atom is 0.0642 e. The van der Waals surface area contributed by atoms with Gasteiger partial charge in [0, 0.05) is 36.4 Å². The summed E-state index contributed by atoms with van der Waals surface area (Å²) < 4.78 is 5.44. The fourth-order valence-electron chi connectivity index (χ4n) is 3.29. The van der Waals surface area contributed by atoms with E-state index in [1.54, 1.807) is 0 Å². The summed E-state index contributed by atoms with van der Waals surface area (Å²) in [5.41, 5.74) is 6.70. The van der Waals surface area contributed by atoms with Crippen molar-refractivity contribution in [1.82, 2.24) is 0 Å². The Hall–Kier alpha value is -3.11. The lowest BCUT2D eigenvalue weighted by Crippen LogP contribution is -2.36. The highest BCUT2D eigenvalue weighted by Crippen LogP contribution is 2.22. The van der Waals surface area contributed by atoms with Crippen molar-refractivity contribution in [3.8, 4) is 0 Å². The van der Waals surface area contributed by atoms with Crippen molar-refractivity contribution in [1.29, 1.82) is 0 Å². The summed E-state index contributed by atoms with van der Waals surface area (Å²) >= 11 is 0. The van der Waals surface area contributed by atoms with Crippen LogP contribution in [0.25, 0.3) is 0 Å². The van der Waals surface area contributed by atoms with E-state index in [4.69, 9.17) is 4.74 Å². The molecule has 0 radical (unpaired) electrons. The Morgan fingerprint density at radius 2 is 1.61 bits per heavy atom. The highest BCUT2D eigenvalue weighted by molar-refractivity contribution is 5.84. The van der Waals surface area contributed by atoms with Gasteiger partial charge in [-0.05, 0) is 66.6 Å². The molecule has 3 aromatic rings. The van der Waals surface area contributed by atoms with Gasteiger partial charge >= 0.3 is 0 Å². The zero-order valence-corrected chi connectivity index (χ0v) is 16.1. The summed E-state index contributed by atoms with van der Waals surface area (Å²) in [7, 11) is 0. The molecule has 3 aromatic carbocycles. The van der Waals surface area contributed by atoms with E-state index in [-0.39, 0.29) is 0 Å². The van der Waals surface area contributed by atoms with Crippen LogP contribution >= 0.6 is 0 Å². The molecule has 0 unspecified atom stereocenters. The largest absolute Gasteiger partial charge is 0.378 e. The van der Waals surface area contributed by atoms with Gasteiger partial charge in [-0.15, -0.1) is 0 Å². The minimum absolute atomic E-state index is 0.803. The molecule has 1 aliphatic rings. The molecule has 1 N–H and O–H groups in total. The first-order chi connectivity index (χ1) is 13.8. The van der Waals surface area contributed by atoms with Gasteiger partial charge < -0.3 is 15.0 Å². The molecule has 142 valence electrons. The van der Waals surface area contributed by atoms with E-state index >= 15 is 0 Å². The van der Waals surface area contributed by atoms with Gasteiger partial charge in [-0.3, -0.25) is 4.99 Å². The van der Waals surface area contributed by atoms with Crippen LogP contribution in [0.1, 0.15) is 11.1 Å². The smallest absolute Gasteiger partial charge is 0.0642 e. The number of aryl methyl sites for hydroxylation is 1. The standard InChI is InChI=1S/C24H25N3O/c1-19-17-24(27-13-15-28-16-14-27)12-7-20(19)18-25-21-8-10-23(11-9-21)26-22-5-3-2-4-6-22/h2-12,17-18,26H,13-16H2,1H3. The first-order valence-electron chi connectivity index (χ1n) is 9.67. The Kier molecular flexibility index (Phi) is 5.69. The molecule has 1 aliphatic heterocycles. The Bertz CT molecular complexity index is 930. The summed E-state index contributed by atoms with van der Waals surface area (Å²) in [5, 5.41) is 3.39. The number of para-hydroxylation sites is 1. The predicted octanol–water partition coefficient (Wildman–Crippen LogP) is 5.33. The van der Waals surface area contributed by atoms with Crippen LogP contribution in [0.3, 0.4) is 0 Å². The second-order valence-electron chi connectivity index (χ2n) is 6.94. The number of hydrogen-bond acceptors (Lipinski definition) is 4. The SMILES string of the molecule is Cc1cc(N2CCOCC2)ccc1C=Nc1ccc(Nc2ccccc2)cc1. The number of morpholine rings is 1. The minimum Gasteiger partial charge on any atom is -0.378 e. The van der Waals surface area contributed by atoms with E-state index < -0.39 is 0 Å². The van der Waals surface area contributed by atoms with Gasteiger partial charge in [0.1, 0.15) is 0 Å². The second kappa shape index (κ2) is 8.72. The van der Waals surface area contributed by atoms with Crippen LogP contribution in [0.2, 0.25) is 0 Å². The van der Waals surface area contributed by atoms with Crippen molar-refractivity contribution in [2.45, 2.75) is 6.92 Å². The summed E-state index contributed by atoms with van der Waals surface area (Å²) in [6.45, 7) is 5.65. The molecule has 4 rings (SSSR count). The highest BCUT2D eigenvalue weighted by atomic mass is 16.5. The third-order valence-electron chi connectivity index (χ3n) is 4.91. The fourth-order valence-corrected chi connectivity index (χ4v) is 3.29. The Balaban J connectivity index is 1.42. The van der Waals surface area contributed by atoms with Crippen LogP contribution < -0.4 is 10.2 Å². The molecular weight excluding hydrogens is 346 g/mol. The van der Waals surface area contributed by atoms with Crippen molar-refractivity contribution in [2.75, 3.05) is 36.5 Å². The molecule has 0 spiro atoms. The van der Waals surface area contributed by atoms with Crippen LogP contribution in [0.15, 0.2) is 77.8 Å². The lowest BCUT2D eigenvalue weighted by molar-refractivity contribution is 0.122. The van der Waals surface area contributed by atoms with Gasteiger partial charge in [0.2, 0.25) is 0 Å². The molecule has 1 fully saturated rings. The fraction of sp³-hybridized carbons (Fsp3) is 0.208. The molecule has 0 atom stereocenters. The van der Waals surface area contributed by atoms with Gasteiger partial charge in [-0.25, -0.2) is 0 Å². The zero-order chi connectivity index (χ0) is 19.2. The number of benzene rings is 3. The van der Waals surface area contributed by atoms with Crippen LogP contribution in [-0.2, 0) is 4.74 Å². The number of rotatable bonds is 5. The van der Waals surface area contributed by atoms with Crippen molar-refractivity contribution in [2.24, 2.45) is 4.99 Å². The molecular formula is C24H25N3O.